The Balaban J connectivity index is 2.25. The molecule has 7 nitrogen and oxygen atoms in total. The van der Waals surface area contributed by atoms with Gasteiger partial charge in [-0.2, -0.15) is 0 Å². The number of nitrogens with two attached hydrogens (primary N) is 1. The summed E-state index contributed by atoms with van der Waals surface area (Å²) in [5.41, 5.74) is 0.0508. The van der Waals surface area contributed by atoms with Crippen molar-refractivity contribution in [3.05, 3.63) is 17.1 Å². The molecule has 0 unspecified atom stereocenters. The third-order valence-corrected chi connectivity index (χ3v) is 4.90. The normalized spacial score (nSPS) is 17.0. The molecule has 1 aromatic rings. The lowest BCUT2D eigenvalue weighted by Gasteiger charge is -2.31. The quantitative estimate of drug-likeness (QED) is 0.893. The molecule has 0 saturated carbocycles. The summed E-state index contributed by atoms with van der Waals surface area (Å²) in [5.74, 6) is 0.0688. The van der Waals surface area contributed by atoms with E-state index in [4.69, 9.17) is 14.3 Å². The van der Waals surface area contributed by atoms with Crippen LogP contribution in [-0.4, -0.2) is 45.0 Å². The highest BCUT2D eigenvalue weighted by Gasteiger charge is 2.33. The van der Waals surface area contributed by atoms with Gasteiger partial charge in [-0.15, -0.1) is 0 Å². The minimum atomic E-state index is -4.01. The van der Waals surface area contributed by atoms with Crippen LogP contribution >= 0.6 is 0 Å². The van der Waals surface area contributed by atoms with Crippen LogP contribution in [0.3, 0.4) is 0 Å². The molecular formula is C14H22N2O5S. The molecule has 2 heterocycles. The van der Waals surface area contributed by atoms with Crippen LogP contribution in [0.25, 0.3) is 0 Å². The van der Waals surface area contributed by atoms with Gasteiger partial charge in [-0.05, 0) is 33.6 Å². The van der Waals surface area contributed by atoms with Crippen LogP contribution in [0.5, 0.6) is 0 Å². The van der Waals surface area contributed by atoms with Crippen molar-refractivity contribution in [3.63, 3.8) is 0 Å². The molecular weight excluding hydrogens is 308 g/mol. The van der Waals surface area contributed by atoms with Crippen molar-refractivity contribution in [2.75, 3.05) is 19.7 Å². The highest BCUT2D eigenvalue weighted by molar-refractivity contribution is 7.89. The van der Waals surface area contributed by atoms with E-state index >= 15 is 0 Å². The lowest BCUT2D eigenvalue weighted by atomic mass is 10.1. The van der Waals surface area contributed by atoms with Gasteiger partial charge < -0.3 is 14.1 Å². The number of hydrogen-bond donors (Lipinski definition) is 1. The standard InChI is InChI=1S/C14H22N2O5S/c1-4-20-11-5-7-16(8-6-11)14(17)12-9(2)21-10(3)13(12)22(15,18)19/h11H,4-8H2,1-3H3,(H2,15,18,19). The summed E-state index contributed by atoms with van der Waals surface area (Å²) < 4.78 is 34.3. The molecule has 2 rings (SSSR count). The molecule has 2 N–H and O–H groups in total. The lowest BCUT2D eigenvalue weighted by Crippen LogP contribution is -2.41. The number of hydrogen-bond acceptors (Lipinski definition) is 5. The molecule has 0 radical (unpaired) electrons. The van der Waals surface area contributed by atoms with Gasteiger partial charge in [-0.1, -0.05) is 0 Å². The number of likely N-dealkylation sites (tertiary alicyclic amines) is 1. The van der Waals surface area contributed by atoms with E-state index in [1.165, 1.54) is 6.92 Å². The maximum absolute atomic E-state index is 12.7. The average Bonchev–Trinajstić information content (AvgIpc) is 2.74. The lowest BCUT2D eigenvalue weighted by molar-refractivity contribution is 0.0144. The van der Waals surface area contributed by atoms with Crippen LogP contribution in [0.2, 0.25) is 0 Å². The smallest absolute Gasteiger partial charge is 0.258 e. The van der Waals surface area contributed by atoms with Crippen LogP contribution in [0.15, 0.2) is 9.31 Å². The fourth-order valence-corrected chi connectivity index (χ4v) is 3.83. The topological polar surface area (TPSA) is 103 Å². The second-order valence-corrected chi connectivity index (χ2v) is 6.91. The first-order valence-corrected chi connectivity index (χ1v) is 8.84. The number of carbonyl (C=O) groups is 1. The van der Waals surface area contributed by atoms with Gasteiger partial charge in [0, 0.05) is 19.7 Å². The first-order chi connectivity index (χ1) is 10.3. The van der Waals surface area contributed by atoms with E-state index in [1.54, 1.807) is 11.8 Å². The predicted molar refractivity (Wildman–Crippen MR) is 80.1 cm³/mol. The largest absolute Gasteiger partial charge is 0.464 e. The van der Waals surface area contributed by atoms with Crippen LogP contribution in [0.1, 0.15) is 41.6 Å². The number of carbonyl (C=O) groups excluding carboxylic acids is 1. The maximum atomic E-state index is 12.7. The minimum absolute atomic E-state index is 0.0508. The Hall–Kier alpha value is -1.38. The number of rotatable bonds is 4. The van der Waals surface area contributed by atoms with Gasteiger partial charge in [0.05, 0.1) is 6.10 Å². The Bertz CT molecular complexity index is 657. The first kappa shape index (κ1) is 17.0. The molecule has 0 aromatic carbocycles. The summed E-state index contributed by atoms with van der Waals surface area (Å²) >= 11 is 0. The Labute approximate surface area is 130 Å². The molecule has 1 saturated heterocycles. The van der Waals surface area contributed by atoms with Crippen molar-refractivity contribution >= 4 is 15.9 Å². The second-order valence-electron chi connectivity index (χ2n) is 5.41. The van der Waals surface area contributed by atoms with Gasteiger partial charge in [-0.25, -0.2) is 13.6 Å². The number of piperidine rings is 1. The van der Waals surface area contributed by atoms with Gasteiger partial charge in [0.15, 0.2) is 0 Å². The molecule has 1 aromatic heterocycles. The van der Waals surface area contributed by atoms with Crippen LogP contribution < -0.4 is 5.14 Å². The Morgan fingerprint density at radius 2 is 1.91 bits per heavy atom. The van der Waals surface area contributed by atoms with Gasteiger partial charge in [-0.3, -0.25) is 4.79 Å². The number of nitrogens with zero attached hydrogens (tertiary/aromatic N) is 1. The fourth-order valence-electron chi connectivity index (χ4n) is 2.87. The fraction of sp³-hybridized carbons (Fsp3) is 0.643. The van der Waals surface area contributed by atoms with Crippen molar-refractivity contribution in [1.29, 1.82) is 0 Å². The number of primary sulfonamides is 1. The number of furan rings is 1. The van der Waals surface area contributed by atoms with Gasteiger partial charge in [0.25, 0.3) is 5.91 Å². The van der Waals surface area contributed by atoms with E-state index in [-0.39, 0.29) is 34.0 Å². The van der Waals surface area contributed by atoms with Gasteiger partial charge >= 0.3 is 0 Å². The highest BCUT2D eigenvalue weighted by Crippen LogP contribution is 2.28. The van der Waals surface area contributed by atoms with Crippen molar-refractivity contribution in [3.8, 4) is 0 Å². The predicted octanol–water partition coefficient (Wildman–Crippen LogP) is 1.18. The van der Waals surface area contributed by atoms with Crippen molar-refractivity contribution in [2.45, 2.75) is 44.6 Å². The molecule has 8 heteroatoms. The van der Waals surface area contributed by atoms with Crippen LogP contribution in [-0.2, 0) is 14.8 Å². The average molecular weight is 330 g/mol. The Kier molecular flexibility index (Phi) is 4.93. The molecule has 0 atom stereocenters. The molecule has 1 aliphatic heterocycles. The molecule has 22 heavy (non-hydrogen) atoms. The molecule has 1 aliphatic rings. The zero-order valence-electron chi connectivity index (χ0n) is 13.1. The highest BCUT2D eigenvalue weighted by atomic mass is 32.2. The zero-order valence-corrected chi connectivity index (χ0v) is 13.9. The summed E-state index contributed by atoms with van der Waals surface area (Å²) in [4.78, 5) is 14.1. The molecule has 1 amide bonds. The molecule has 0 spiro atoms. The summed E-state index contributed by atoms with van der Waals surface area (Å²) in [6.45, 7) is 6.70. The van der Waals surface area contributed by atoms with Crippen molar-refractivity contribution < 1.29 is 22.4 Å². The molecule has 124 valence electrons. The van der Waals surface area contributed by atoms with Crippen molar-refractivity contribution in [2.24, 2.45) is 5.14 Å². The van der Waals surface area contributed by atoms with E-state index < -0.39 is 10.0 Å². The zero-order chi connectivity index (χ0) is 16.5. The number of aryl methyl sites for hydroxylation is 2. The summed E-state index contributed by atoms with van der Waals surface area (Å²) in [5, 5.41) is 5.22. The summed E-state index contributed by atoms with van der Waals surface area (Å²) in [7, 11) is -4.01. The van der Waals surface area contributed by atoms with E-state index in [0.717, 1.165) is 12.8 Å². The van der Waals surface area contributed by atoms with E-state index in [2.05, 4.69) is 0 Å². The monoisotopic (exact) mass is 330 g/mol. The minimum Gasteiger partial charge on any atom is -0.464 e. The van der Waals surface area contributed by atoms with E-state index in [1.807, 2.05) is 6.92 Å². The van der Waals surface area contributed by atoms with E-state index in [0.29, 0.717) is 19.7 Å². The van der Waals surface area contributed by atoms with Crippen LogP contribution in [0, 0.1) is 13.8 Å². The second kappa shape index (κ2) is 6.39. The van der Waals surface area contributed by atoms with Crippen molar-refractivity contribution in [1.82, 2.24) is 4.90 Å². The third-order valence-electron chi connectivity index (χ3n) is 3.84. The Morgan fingerprint density at radius 1 is 1.32 bits per heavy atom. The number of amides is 1. The van der Waals surface area contributed by atoms with Crippen LogP contribution in [0.4, 0.5) is 0 Å². The third kappa shape index (κ3) is 3.34. The van der Waals surface area contributed by atoms with Gasteiger partial charge in [0.2, 0.25) is 10.0 Å². The molecule has 1 fully saturated rings. The number of sulfonamides is 1. The molecule has 0 aliphatic carbocycles. The van der Waals surface area contributed by atoms with Gasteiger partial charge in [0.1, 0.15) is 22.0 Å². The van der Waals surface area contributed by atoms with E-state index in [9.17, 15) is 13.2 Å². The number of ether oxygens (including phenoxy) is 1. The maximum Gasteiger partial charge on any atom is 0.258 e. The first-order valence-electron chi connectivity index (χ1n) is 7.29. The SMILES string of the molecule is CCOC1CCN(C(=O)c2c(C)oc(C)c2S(N)(=O)=O)CC1. The molecule has 0 bridgehead atoms. The Morgan fingerprint density at radius 3 is 2.41 bits per heavy atom. The summed E-state index contributed by atoms with van der Waals surface area (Å²) in [6, 6.07) is 0. The summed E-state index contributed by atoms with van der Waals surface area (Å²) in [6.07, 6.45) is 1.62.